The van der Waals surface area contributed by atoms with Gasteiger partial charge in [-0.15, -0.1) is 0 Å². The summed E-state index contributed by atoms with van der Waals surface area (Å²) in [6, 6.07) is 17.9. The van der Waals surface area contributed by atoms with E-state index in [4.69, 9.17) is 5.10 Å². The molecule has 2 atom stereocenters. The third-order valence-electron chi connectivity index (χ3n) is 8.19. The summed E-state index contributed by atoms with van der Waals surface area (Å²) in [5.74, 6) is -2.08. The number of likely N-dealkylation sites (N-methyl/N-ethyl adjacent to an activating group) is 1. The Bertz CT molecular complexity index is 1690. The number of halogens is 4. The number of hydrogen-bond donors (Lipinski definition) is 2. The minimum Gasteiger partial charge on any atom is -0.339 e. The highest BCUT2D eigenvalue weighted by atomic mass is 19.4. The fraction of sp³-hybridized carbons (Fsp3) is 0.343. The van der Waals surface area contributed by atoms with Gasteiger partial charge in [0.1, 0.15) is 17.7 Å². The molecule has 0 fully saturated rings. The molecule has 1 aliphatic heterocycles. The first-order valence-electron chi connectivity index (χ1n) is 15.6. The Hall–Kier alpha value is -4.55. The monoisotopic (exact) mass is 650 g/mol. The summed E-state index contributed by atoms with van der Waals surface area (Å²) in [4.78, 5) is 31.6. The van der Waals surface area contributed by atoms with Gasteiger partial charge in [0.25, 0.3) is 11.8 Å². The molecule has 0 radical (unpaired) electrons. The van der Waals surface area contributed by atoms with Gasteiger partial charge in [-0.2, -0.15) is 18.3 Å². The number of anilines is 1. The zero-order chi connectivity index (χ0) is 33.7. The average Bonchev–Trinajstić information content (AvgIpc) is 3.42. The Balaban J connectivity index is 1.61. The number of aromatic nitrogens is 2. The van der Waals surface area contributed by atoms with Gasteiger partial charge in [0.15, 0.2) is 0 Å². The lowest BCUT2D eigenvalue weighted by molar-refractivity contribution is -0.137. The highest BCUT2D eigenvalue weighted by Crippen LogP contribution is 2.43. The largest absolute Gasteiger partial charge is 0.416 e. The van der Waals surface area contributed by atoms with Gasteiger partial charge in [-0.25, -0.2) is 9.07 Å². The lowest BCUT2D eigenvalue weighted by atomic mass is 9.80. The van der Waals surface area contributed by atoms with Crippen molar-refractivity contribution in [1.29, 1.82) is 0 Å². The highest BCUT2D eigenvalue weighted by Gasteiger charge is 2.46. The van der Waals surface area contributed by atoms with Crippen LogP contribution in [-0.2, 0) is 17.5 Å². The summed E-state index contributed by atoms with van der Waals surface area (Å²) < 4.78 is 56.3. The van der Waals surface area contributed by atoms with E-state index in [9.17, 15) is 27.2 Å². The van der Waals surface area contributed by atoms with Crippen molar-refractivity contribution in [1.82, 2.24) is 25.3 Å². The summed E-state index contributed by atoms with van der Waals surface area (Å²) in [6.45, 7) is 4.05. The van der Waals surface area contributed by atoms with E-state index in [1.165, 1.54) is 23.1 Å². The topological polar surface area (TPSA) is 82.5 Å². The predicted molar refractivity (Wildman–Crippen MR) is 172 cm³/mol. The molecular formula is C35H38F4N6O2. The zero-order valence-corrected chi connectivity index (χ0v) is 26.5. The SMILES string of the molecule is CCN1C(=O)[C@H](NC(=O)c2cccc(C(F)(F)F)c2)[C@@H](c2ccc(F)cc2)c2c(CNCCCCN(C)C)nn(-c3ccccc3)c21. The van der Waals surface area contributed by atoms with Crippen molar-refractivity contribution < 1.29 is 27.2 Å². The van der Waals surface area contributed by atoms with Crippen LogP contribution in [0.5, 0.6) is 0 Å². The first-order valence-corrected chi connectivity index (χ1v) is 15.6. The Labute approximate surface area is 271 Å². The van der Waals surface area contributed by atoms with E-state index < -0.39 is 41.3 Å². The summed E-state index contributed by atoms with van der Waals surface area (Å²) in [5, 5.41) is 11.2. The lowest BCUT2D eigenvalue weighted by Gasteiger charge is -2.38. The van der Waals surface area contributed by atoms with Crippen molar-refractivity contribution in [3.05, 3.63) is 113 Å². The predicted octanol–water partition coefficient (Wildman–Crippen LogP) is 5.76. The van der Waals surface area contributed by atoms with Crippen molar-refractivity contribution in [3.63, 3.8) is 0 Å². The maximum atomic E-state index is 14.3. The number of carbonyl (C=O) groups excluding carboxylic acids is 2. The van der Waals surface area contributed by atoms with E-state index in [1.807, 2.05) is 44.4 Å². The second kappa shape index (κ2) is 14.5. The highest BCUT2D eigenvalue weighted by molar-refractivity contribution is 6.05. The Morgan fingerprint density at radius 3 is 2.36 bits per heavy atom. The molecule has 1 aromatic heterocycles. The van der Waals surface area contributed by atoms with Gasteiger partial charge in [0, 0.05) is 30.1 Å². The number of benzene rings is 3. The molecule has 4 aromatic rings. The fourth-order valence-electron chi connectivity index (χ4n) is 5.93. The van der Waals surface area contributed by atoms with Crippen LogP contribution in [0.15, 0.2) is 78.9 Å². The molecule has 1 aliphatic rings. The van der Waals surface area contributed by atoms with Gasteiger partial charge < -0.3 is 15.5 Å². The van der Waals surface area contributed by atoms with Gasteiger partial charge in [0.05, 0.1) is 16.9 Å². The number of para-hydroxylation sites is 1. The van der Waals surface area contributed by atoms with Crippen LogP contribution in [0, 0.1) is 5.82 Å². The Morgan fingerprint density at radius 1 is 0.979 bits per heavy atom. The average molecular weight is 651 g/mol. The van der Waals surface area contributed by atoms with Crippen molar-refractivity contribution in [2.45, 2.75) is 44.4 Å². The molecule has 2 N–H and O–H groups in total. The summed E-state index contributed by atoms with van der Waals surface area (Å²) >= 11 is 0. The number of nitrogens with one attached hydrogen (secondary N) is 2. The van der Waals surface area contributed by atoms with Crippen molar-refractivity contribution in [2.24, 2.45) is 0 Å². The third kappa shape index (κ3) is 7.55. The molecule has 0 saturated heterocycles. The van der Waals surface area contributed by atoms with Crippen LogP contribution < -0.4 is 15.5 Å². The molecule has 248 valence electrons. The summed E-state index contributed by atoms with van der Waals surface area (Å²) in [5.41, 5.74) is 1.35. The molecule has 47 heavy (non-hydrogen) atoms. The standard InChI is InChI=1S/C35H38F4N6O2/c1-4-44-33-30(28(22-40-19-8-9-20-43(2)3)42-45(33)27-13-6-5-7-14-27)29(23-15-17-26(36)18-16-23)31(34(44)47)41-32(46)24-11-10-12-25(21-24)35(37,38)39/h5-7,10-18,21,29,31,40H,4,8-9,19-20,22H2,1-3H3,(H,41,46)/t29-,31+/m0/s1. The molecule has 0 bridgehead atoms. The van der Waals surface area contributed by atoms with E-state index in [-0.39, 0.29) is 12.1 Å². The van der Waals surface area contributed by atoms with Crippen molar-refractivity contribution in [2.75, 3.05) is 38.6 Å². The second-order valence-electron chi connectivity index (χ2n) is 11.8. The summed E-state index contributed by atoms with van der Waals surface area (Å²) in [6.07, 6.45) is -2.73. The van der Waals surface area contributed by atoms with Crippen molar-refractivity contribution in [3.8, 4) is 5.69 Å². The van der Waals surface area contributed by atoms with E-state index in [0.29, 0.717) is 35.7 Å². The van der Waals surface area contributed by atoms with Crippen LogP contribution in [0.2, 0.25) is 0 Å². The van der Waals surface area contributed by atoms with E-state index in [2.05, 4.69) is 15.5 Å². The van der Waals surface area contributed by atoms with E-state index >= 15 is 0 Å². The first-order chi connectivity index (χ1) is 22.5. The minimum atomic E-state index is -4.65. The van der Waals surface area contributed by atoms with E-state index in [1.54, 1.807) is 23.7 Å². The third-order valence-corrected chi connectivity index (χ3v) is 8.19. The van der Waals surface area contributed by atoms with Crippen LogP contribution in [0.1, 0.15) is 58.4 Å². The second-order valence-corrected chi connectivity index (χ2v) is 11.8. The molecule has 0 saturated carbocycles. The van der Waals surface area contributed by atoms with E-state index in [0.717, 1.165) is 43.3 Å². The Kier molecular flexibility index (Phi) is 10.4. The number of unbranched alkanes of at least 4 members (excludes halogenated alkanes) is 1. The van der Waals surface area contributed by atoms with Crippen LogP contribution in [0.25, 0.3) is 5.69 Å². The molecule has 3 aromatic carbocycles. The molecule has 12 heteroatoms. The van der Waals surface area contributed by atoms with Crippen molar-refractivity contribution >= 4 is 17.6 Å². The number of rotatable bonds is 12. The minimum absolute atomic E-state index is 0.230. The van der Waals surface area contributed by atoms with Crippen LogP contribution >= 0.6 is 0 Å². The smallest absolute Gasteiger partial charge is 0.339 e. The molecule has 0 spiro atoms. The van der Waals surface area contributed by atoms with Crippen LogP contribution in [0.3, 0.4) is 0 Å². The molecule has 2 heterocycles. The molecule has 8 nitrogen and oxygen atoms in total. The number of amides is 2. The molecular weight excluding hydrogens is 612 g/mol. The van der Waals surface area contributed by atoms with Gasteiger partial charge >= 0.3 is 6.18 Å². The number of nitrogens with zero attached hydrogens (tertiary/aromatic N) is 4. The quantitative estimate of drug-likeness (QED) is 0.151. The van der Waals surface area contributed by atoms with Gasteiger partial charge in [-0.1, -0.05) is 36.4 Å². The fourth-order valence-corrected chi connectivity index (χ4v) is 5.93. The molecule has 5 rings (SSSR count). The lowest BCUT2D eigenvalue weighted by Crippen LogP contribution is -2.55. The van der Waals surface area contributed by atoms with Gasteiger partial charge in [-0.05, 0) is 95.0 Å². The summed E-state index contributed by atoms with van der Waals surface area (Å²) in [7, 11) is 4.04. The van der Waals surface area contributed by atoms with Gasteiger partial charge in [0.2, 0.25) is 0 Å². The molecule has 0 unspecified atom stereocenters. The molecule has 2 amide bonds. The normalized spacial score (nSPS) is 16.4. The maximum absolute atomic E-state index is 14.3. The van der Waals surface area contributed by atoms with Crippen LogP contribution in [0.4, 0.5) is 23.4 Å². The molecule has 0 aliphatic carbocycles. The number of hydrogen-bond acceptors (Lipinski definition) is 5. The van der Waals surface area contributed by atoms with Crippen LogP contribution in [-0.4, -0.2) is 66.3 Å². The number of carbonyl (C=O) groups is 2. The Morgan fingerprint density at radius 2 is 1.70 bits per heavy atom. The zero-order valence-electron chi connectivity index (χ0n) is 26.5. The van der Waals surface area contributed by atoms with Gasteiger partial charge in [-0.3, -0.25) is 14.5 Å². The number of alkyl halides is 3. The number of fused-ring (bicyclic) bond motifs is 1. The first kappa shape index (κ1) is 33.8. The maximum Gasteiger partial charge on any atom is 0.416 e.